The van der Waals surface area contributed by atoms with E-state index < -0.39 is 5.97 Å². The number of aliphatic carboxylic acids is 1. The van der Waals surface area contributed by atoms with Gasteiger partial charge >= 0.3 is 5.97 Å². The highest BCUT2D eigenvalue weighted by molar-refractivity contribution is 5.67. The van der Waals surface area contributed by atoms with E-state index in [1.54, 1.807) is 0 Å². The Kier molecular flexibility index (Phi) is 16.0. The molecule has 2 rings (SSSR count). The van der Waals surface area contributed by atoms with Crippen LogP contribution in [0.2, 0.25) is 0 Å². The fourth-order valence-electron chi connectivity index (χ4n) is 6.91. The van der Waals surface area contributed by atoms with E-state index in [0.717, 1.165) is 31.6 Å². The summed E-state index contributed by atoms with van der Waals surface area (Å²) < 4.78 is 0. The smallest absolute Gasteiger partial charge is 0.303 e. The van der Waals surface area contributed by atoms with Crippen molar-refractivity contribution in [2.75, 3.05) is 6.54 Å². The Morgan fingerprint density at radius 3 is 2.29 bits per heavy atom. The van der Waals surface area contributed by atoms with Gasteiger partial charge < -0.3 is 10.8 Å². The number of hydrogen-bond donors (Lipinski definition) is 2. The minimum atomic E-state index is -0.652. The molecule has 0 heterocycles. The molecule has 216 valence electrons. The molecule has 1 fully saturated rings. The molecular weight excluding hydrogens is 466 g/mol. The Hall–Kier alpha value is -1.61. The second-order valence-corrected chi connectivity index (χ2v) is 12.7. The van der Waals surface area contributed by atoms with Crippen molar-refractivity contribution in [2.24, 2.45) is 29.4 Å². The average molecular weight is 526 g/mol. The Balaban J connectivity index is 2.10. The quantitative estimate of drug-likeness (QED) is 0.124. The normalized spacial score (nSPS) is 17.7. The van der Waals surface area contributed by atoms with Crippen LogP contribution in [0.15, 0.2) is 42.5 Å². The van der Waals surface area contributed by atoms with Crippen LogP contribution >= 0.6 is 0 Å². The molecule has 1 aliphatic rings. The van der Waals surface area contributed by atoms with Crippen molar-refractivity contribution >= 4 is 5.97 Å². The number of unbranched alkanes of at least 4 members (excludes halogenated alkanes) is 4. The lowest BCUT2D eigenvalue weighted by Gasteiger charge is -2.37. The molecule has 0 saturated heterocycles. The highest BCUT2D eigenvalue weighted by Crippen LogP contribution is 2.48. The van der Waals surface area contributed by atoms with Crippen LogP contribution in [-0.2, 0) is 10.2 Å². The molecule has 0 aromatic heterocycles. The largest absolute Gasteiger partial charge is 0.481 e. The molecule has 0 spiro atoms. The van der Waals surface area contributed by atoms with E-state index in [2.05, 4.69) is 63.3 Å². The summed E-state index contributed by atoms with van der Waals surface area (Å²) in [5, 5.41) is 9.93. The average Bonchev–Trinajstić information content (AvgIpc) is 3.38. The first-order valence-corrected chi connectivity index (χ1v) is 16.0. The first-order chi connectivity index (χ1) is 18.4. The zero-order valence-corrected chi connectivity index (χ0v) is 25.0. The SMILES string of the molecule is CCCCCCC=CC[C@H](CCC(C)C)CC[C@H](CCN)[C@H](CC(=O)O)CC1(c2ccccc2)CCCC1. The molecule has 1 aromatic rings. The van der Waals surface area contributed by atoms with E-state index in [-0.39, 0.29) is 17.8 Å². The maximum absolute atomic E-state index is 12.1. The van der Waals surface area contributed by atoms with Gasteiger partial charge in [-0.3, -0.25) is 4.79 Å². The van der Waals surface area contributed by atoms with Gasteiger partial charge in [0.1, 0.15) is 0 Å². The molecule has 1 aromatic carbocycles. The molecule has 3 atom stereocenters. The minimum Gasteiger partial charge on any atom is -0.481 e. The van der Waals surface area contributed by atoms with Crippen LogP contribution < -0.4 is 5.73 Å². The van der Waals surface area contributed by atoms with Crippen molar-refractivity contribution in [1.29, 1.82) is 0 Å². The van der Waals surface area contributed by atoms with E-state index in [1.807, 2.05) is 0 Å². The van der Waals surface area contributed by atoms with Crippen molar-refractivity contribution in [3.05, 3.63) is 48.0 Å². The van der Waals surface area contributed by atoms with Crippen LogP contribution in [0.5, 0.6) is 0 Å². The molecular formula is C35H59NO2. The number of carboxylic acids is 1. The summed E-state index contributed by atoms with van der Waals surface area (Å²) in [6, 6.07) is 10.9. The Bertz CT molecular complexity index is 765. The van der Waals surface area contributed by atoms with Crippen LogP contribution in [0.25, 0.3) is 0 Å². The topological polar surface area (TPSA) is 63.3 Å². The molecule has 0 amide bonds. The van der Waals surface area contributed by atoms with Gasteiger partial charge in [-0.05, 0) is 105 Å². The number of carbonyl (C=O) groups is 1. The molecule has 3 N–H and O–H groups in total. The molecule has 3 heteroatoms. The fraction of sp³-hybridized carbons (Fsp3) is 0.743. The van der Waals surface area contributed by atoms with Crippen molar-refractivity contribution in [2.45, 2.75) is 135 Å². The lowest BCUT2D eigenvalue weighted by molar-refractivity contribution is -0.138. The van der Waals surface area contributed by atoms with Gasteiger partial charge in [0.05, 0.1) is 0 Å². The van der Waals surface area contributed by atoms with Gasteiger partial charge in [-0.15, -0.1) is 0 Å². The third-order valence-electron chi connectivity index (χ3n) is 9.20. The highest BCUT2D eigenvalue weighted by Gasteiger charge is 2.40. The Morgan fingerprint density at radius 1 is 0.947 bits per heavy atom. The summed E-state index contributed by atoms with van der Waals surface area (Å²) in [4.78, 5) is 12.1. The second kappa shape index (κ2) is 18.6. The Labute approximate surface area is 235 Å². The van der Waals surface area contributed by atoms with Gasteiger partial charge in [-0.1, -0.05) is 102 Å². The molecule has 0 unspecified atom stereocenters. The van der Waals surface area contributed by atoms with E-state index in [1.165, 1.54) is 82.6 Å². The van der Waals surface area contributed by atoms with Gasteiger partial charge in [0.25, 0.3) is 0 Å². The zero-order chi connectivity index (χ0) is 27.6. The molecule has 0 bridgehead atoms. The van der Waals surface area contributed by atoms with Crippen LogP contribution in [0.1, 0.15) is 135 Å². The van der Waals surface area contributed by atoms with Crippen LogP contribution in [0, 0.1) is 23.7 Å². The standard InChI is InChI=1S/C35H59NO2/c1-4-5-6-7-8-9-11-16-30(20-19-29(2)3)21-22-31(23-26-36)32(27-34(37)38)28-35(24-14-15-25-35)33-17-12-10-13-18-33/h9-13,17-18,29-32H,4-8,14-16,19-28,36H2,1-3H3,(H,37,38)/t30-,31-,32-/m1/s1. The fourth-order valence-corrected chi connectivity index (χ4v) is 6.91. The third kappa shape index (κ3) is 12.1. The van der Waals surface area contributed by atoms with Crippen molar-refractivity contribution in [3.63, 3.8) is 0 Å². The monoisotopic (exact) mass is 525 g/mol. The summed E-state index contributed by atoms with van der Waals surface area (Å²) in [6.07, 6.45) is 24.4. The second-order valence-electron chi connectivity index (χ2n) is 12.7. The van der Waals surface area contributed by atoms with Gasteiger partial charge in [0, 0.05) is 6.42 Å². The van der Waals surface area contributed by atoms with Gasteiger partial charge in [-0.25, -0.2) is 0 Å². The van der Waals surface area contributed by atoms with Crippen LogP contribution in [-0.4, -0.2) is 17.6 Å². The first-order valence-electron chi connectivity index (χ1n) is 16.0. The molecule has 38 heavy (non-hydrogen) atoms. The van der Waals surface area contributed by atoms with Gasteiger partial charge in [0.2, 0.25) is 0 Å². The summed E-state index contributed by atoms with van der Waals surface area (Å²) in [6.45, 7) is 7.56. The molecule has 3 nitrogen and oxygen atoms in total. The molecule has 0 aliphatic heterocycles. The first kappa shape index (κ1) is 32.6. The maximum Gasteiger partial charge on any atom is 0.303 e. The number of hydrogen-bond acceptors (Lipinski definition) is 2. The number of rotatable bonds is 21. The predicted molar refractivity (Wildman–Crippen MR) is 163 cm³/mol. The Morgan fingerprint density at radius 2 is 1.66 bits per heavy atom. The van der Waals surface area contributed by atoms with Crippen molar-refractivity contribution < 1.29 is 9.90 Å². The van der Waals surface area contributed by atoms with Gasteiger partial charge in [0.15, 0.2) is 0 Å². The number of nitrogens with two attached hydrogens (primary N) is 1. The van der Waals surface area contributed by atoms with Crippen molar-refractivity contribution in [1.82, 2.24) is 0 Å². The van der Waals surface area contributed by atoms with E-state index in [9.17, 15) is 9.90 Å². The van der Waals surface area contributed by atoms with E-state index >= 15 is 0 Å². The number of carboxylic acid groups (broad SMARTS) is 1. The van der Waals surface area contributed by atoms with Crippen LogP contribution in [0.3, 0.4) is 0 Å². The summed E-state index contributed by atoms with van der Waals surface area (Å²) in [7, 11) is 0. The summed E-state index contributed by atoms with van der Waals surface area (Å²) >= 11 is 0. The minimum absolute atomic E-state index is 0.131. The highest BCUT2D eigenvalue weighted by atomic mass is 16.4. The zero-order valence-electron chi connectivity index (χ0n) is 25.0. The lowest BCUT2D eigenvalue weighted by Crippen LogP contribution is -2.31. The van der Waals surface area contributed by atoms with E-state index in [4.69, 9.17) is 5.73 Å². The molecule has 1 aliphatic carbocycles. The van der Waals surface area contributed by atoms with Gasteiger partial charge in [-0.2, -0.15) is 0 Å². The lowest BCUT2D eigenvalue weighted by atomic mass is 9.67. The van der Waals surface area contributed by atoms with E-state index in [0.29, 0.717) is 18.4 Å². The molecule has 0 radical (unpaired) electrons. The summed E-state index contributed by atoms with van der Waals surface area (Å²) in [5.74, 6) is 1.33. The van der Waals surface area contributed by atoms with Crippen LogP contribution in [0.4, 0.5) is 0 Å². The molecule has 1 saturated carbocycles. The number of benzene rings is 1. The predicted octanol–water partition coefficient (Wildman–Crippen LogP) is 9.69. The maximum atomic E-state index is 12.1. The van der Waals surface area contributed by atoms with Crippen molar-refractivity contribution in [3.8, 4) is 0 Å². The number of allylic oxidation sites excluding steroid dienone is 2. The third-order valence-corrected chi connectivity index (χ3v) is 9.20. The summed E-state index contributed by atoms with van der Waals surface area (Å²) in [5.41, 5.74) is 7.69.